The fourth-order valence-electron chi connectivity index (χ4n) is 3.83. The molecule has 2 saturated heterocycles. The molecule has 1 atom stereocenters. The minimum absolute atomic E-state index is 0.0403. The first kappa shape index (κ1) is 16.2. The SMILES string of the molecule is CN1C(=O)C[C@@H](C(=O)O)C12CCN(c1cc(C(=O)O)ccn1)CC2. The molecule has 2 aliphatic heterocycles. The Balaban J connectivity index is 1.80. The third kappa shape index (κ3) is 2.47. The first-order valence-corrected chi connectivity index (χ1v) is 7.79. The molecule has 1 aromatic rings. The van der Waals surface area contributed by atoms with Crippen LogP contribution in [0.2, 0.25) is 0 Å². The number of pyridine rings is 1. The van der Waals surface area contributed by atoms with Gasteiger partial charge in [-0.3, -0.25) is 9.59 Å². The molecule has 1 amide bonds. The summed E-state index contributed by atoms with van der Waals surface area (Å²) in [4.78, 5) is 42.4. The molecule has 8 nitrogen and oxygen atoms in total. The van der Waals surface area contributed by atoms with Crippen LogP contribution in [0.25, 0.3) is 0 Å². The molecule has 2 aliphatic rings. The van der Waals surface area contributed by atoms with Gasteiger partial charge in [-0.2, -0.15) is 0 Å². The second-order valence-electron chi connectivity index (χ2n) is 6.35. The van der Waals surface area contributed by atoms with Crippen molar-refractivity contribution in [2.75, 3.05) is 25.0 Å². The van der Waals surface area contributed by atoms with Crippen LogP contribution in [0.1, 0.15) is 29.6 Å². The molecule has 0 radical (unpaired) electrons. The summed E-state index contributed by atoms with van der Waals surface area (Å²) in [5, 5.41) is 18.6. The molecule has 0 aromatic carbocycles. The van der Waals surface area contributed by atoms with Crippen LogP contribution in [0.3, 0.4) is 0 Å². The second-order valence-corrected chi connectivity index (χ2v) is 6.35. The van der Waals surface area contributed by atoms with Gasteiger partial charge in [-0.1, -0.05) is 0 Å². The van der Waals surface area contributed by atoms with Gasteiger partial charge >= 0.3 is 11.9 Å². The van der Waals surface area contributed by atoms with E-state index < -0.39 is 23.4 Å². The number of nitrogens with zero attached hydrogens (tertiary/aromatic N) is 3. The van der Waals surface area contributed by atoms with Gasteiger partial charge in [-0.15, -0.1) is 0 Å². The summed E-state index contributed by atoms with van der Waals surface area (Å²) in [5.41, 5.74) is -0.499. The quantitative estimate of drug-likeness (QED) is 0.836. The van der Waals surface area contributed by atoms with Gasteiger partial charge in [0.25, 0.3) is 0 Å². The maximum absolute atomic E-state index is 12.0. The molecule has 3 rings (SSSR count). The third-order valence-corrected chi connectivity index (χ3v) is 5.31. The van der Waals surface area contributed by atoms with E-state index in [2.05, 4.69) is 4.98 Å². The highest BCUT2D eigenvalue weighted by atomic mass is 16.4. The first-order valence-electron chi connectivity index (χ1n) is 7.79. The van der Waals surface area contributed by atoms with Crippen molar-refractivity contribution in [3.63, 3.8) is 0 Å². The molecule has 0 bridgehead atoms. The molecule has 128 valence electrons. The van der Waals surface area contributed by atoms with E-state index in [0.29, 0.717) is 31.7 Å². The maximum atomic E-state index is 12.0. The summed E-state index contributed by atoms with van der Waals surface area (Å²) in [6.07, 6.45) is 2.53. The fourth-order valence-corrected chi connectivity index (χ4v) is 3.83. The largest absolute Gasteiger partial charge is 0.481 e. The van der Waals surface area contributed by atoms with E-state index in [1.54, 1.807) is 11.9 Å². The summed E-state index contributed by atoms with van der Waals surface area (Å²) >= 11 is 0. The van der Waals surface area contributed by atoms with Gasteiger partial charge in [-0.25, -0.2) is 9.78 Å². The summed E-state index contributed by atoms with van der Waals surface area (Å²) in [5.74, 6) is -2.23. The highest BCUT2D eigenvalue weighted by Gasteiger charge is 2.55. The predicted molar refractivity (Wildman–Crippen MR) is 83.9 cm³/mol. The van der Waals surface area contributed by atoms with E-state index in [4.69, 9.17) is 5.11 Å². The Morgan fingerprint density at radius 2 is 1.96 bits per heavy atom. The predicted octanol–water partition coefficient (Wildman–Crippen LogP) is 0.682. The standard InChI is InChI=1S/C16H19N3O5/c1-18-13(20)9-11(15(23)24)16(18)3-6-19(7-4-16)12-8-10(14(21)22)2-5-17-12/h2,5,8,11H,3-4,6-7,9H2,1H3,(H,21,22)(H,23,24)/t11-/m0/s1. The van der Waals surface area contributed by atoms with E-state index in [-0.39, 0.29) is 17.9 Å². The Hall–Kier alpha value is -2.64. The van der Waals surface area contributed by atoms with Gasteiger partial charge in [0.05, 0.1) is 17.0 Å². The topological polar surface area (TPSA) is 111 Å². The van der Waals surface area contributed by atoms with Crippen LogP contribution in [-0.2, 0) is 9.59 Å². The van der Waals surface area contributed by atoms with E-state index in [0.717, 1.165) is 0 Å². The molecule has 8 heteroatoms. The Kier molecular flexibility index (Phi) is 3.90. The van der Waals surface area contributed by atoms with Crippen molar-refractivity contribution in [3.8, 4) is 0 Å². The lowest BCUT2D eigenvalue weighted by molar-refractivity contribution is -0.145. The molecule has 2 N–H and O–H groups in total. The van der Waals surface area contributed by atoms with E-state index in [9.17, 15) is 19.5 Å². The van der Waals surface area contributed by atoms with Crippen molar-refractivity contribution in [1.29, 1.82) is 0 Å². The molecular weight excluding hydrogens is 314 g/mol. The smallest absolute Gasteiger partial charge is 0.335 e. The zero-order valence-electron chi connectivity index (χ0n) is 13.3. The molecule has 1 aromatic heterocycles. The highest BCUT2D eigenvalue weighted by Crippen LogP contribution is 2.43. The molecule has 2 fully saturated rings. The molecule has 3 heterocycles. The molecule has 0 aliphatic carbocycles. The number of aromatic nitrogens is 1. The number of amides is 1. The molecule has 0 saturated carbocycles. The van der Waals surface area contributed by atoms with Crippen LogP contribution in [-0.4, -0.2) is 63.6 Å². The van der Waals surface area contributed by atoms with E-state index >= 15 is 0 Å². The number of aliphatic carboxylic acids is 1. The molecular formula is C16H19N3O5. The zero-order chi connectivity index (χ0) is 17.5. The van der Waals surface area contributed by atoms with Crippen LogP contribution in [0.4, 0.5) is 5.82 Å². The maximum Gasteiger partial charge on any atom is 0.335 e. The van der Waals surface area contributed by atoms with Crippen molar-refractivity contribution in [3.05, 3.63) is 23.9 Å². The Labute approximate surface area is 138 Å². The second kappa shape index (κ2) is 5.77. The number of piperidine rings is 1. The minimum Gasteiger partial charge on any atom is -0.481 e. The monoisotopic (exact) mass is 333 g/mol. The summed E-state index contributed by atoms with van der Waals surface area (Å²) in [6.45, 7) is 1.05. The summed E-state index contributed by atoms with van der Waals surface area (Å²) in [6, 6.07) is 2.94. The molecule has 24 heavy (non-hydrogen) atoms. The van der Waals surface area contributed by atoms with E-state index in [1.807, 2.05) is 4.90 Å². The van der Waals surface area contributed by atoms with Crippen molar-refractivity contribution in [1.82, 2.24) is 9.88 Å². The number of carboxylic acid groups (broad SMARTS) is 2. The van der Waals surface area contributed by atoms with Crippen molar-refractivity contribution >= 4 is 23.7 Å². The number of likely N-dealkylation sites (tertiary alicyclic amines) is 1. The van der Waals surface area contributed by atoms with E-state index in [1.165, 1.54) is 18.3 Å². The lowest BCUT2D eigenvalue weighted by Crippen LogP contribution is -2.56. The Morgan fingerprint density at radius 1 is 1.29 bits per heavy atom. The number of carbonyl (C=O) groups is 3. The lowest BCUT2D eigenvalue weighted by Gasteiger charge is -2.45. The molecule has 0 unspecified atom stereocenters. The summed E-state index contributed by atoms with van der Waals surface area (Å²) < 4.78 is 0. The van der Waals surface area contributed by atoms with Crippen LogP contribution < -0.4 is 4.90 Å². The van der Waals surface area contributed by atoms with Gasteiger partial charge in [0.1, 0.15) is 5.82 Å². The van der Waals surface area contributed by atoms with Gasteiger partial charge in [-0.05, 0) is 25.0 Å². The number of carboxylic acids is 2. The molecule has 1 spiro atoms. The average molecular weight is 333 g/mol. The van der Waals surface area contributed by atoms with Gasteiger partial charge < -0.3 is 20.0 Å². The van der Waals surface area contributed by atoms with Crippen molar-refractivity contribution < 1.29 is 24.6 Å². The Bertz CT molecular complexity index is 697. The number of hydrogen-bond acceptors (Lipinski definition) is 5. The van der Waals surface area contributed by atoms with Crippen LogP contribution in [0.15, 0.2) is 18.3 Å². The van der Waals surface area contributed by atoms with Gasteiger partial charge in [0.2, 0.25) is 5.91 Å². The Morgan fingerprint density at radius 3 is 2.54 bits per heavy atom. The summed E-state index contributed by atoms with van der Waals surface area (Å²) in [7, 11) is 1.67. The van der Waals surface area contributed by atoms with Crippen molar-refractivity contribution in [2.45, 2.75) is 24.8 Å². The zero-order valence-corrected chi connectivity index (χ0v) is 13.3. The van der Waals surface area contributed by atoms with Crippen LogP contribution in [0.5, 0.6) is 0 Å². The number of aromatic carboxylic acids is 1. The van der Waals surface area contributed by atoms with Gasteiger partial charge in [0.15, 0.2) is 0 Å². The highest BCUT2D eigenvalue weighted by molar-refractivity contribution is 5.89. The number of anilines is 1. The first-order chi connectivity index (χ1) is 11.3. The number of rotatable bonds is 3. The minimum atomic E-state index is -1.01. The number of carbonyl (C=O) groups excluding carboxylic acids is 1. The number of hydrogen-bond donors (Lipinski definition) is 2. The average Bonchev–Trinajstić information content (AvgIpc) is 2.81. The normalized spacial score (nSPS) is 22.9. The van der Waals surface area contributed by atoms with Crippen LogP contribution in [0, 0.1) is 5.92 Å². The van der Waals surface area contributed by atoms with Crippen LogP contribution >= 0.6 is 0 Å². The third-order valence-electron chi connectivity index (χ3n) is 5.31. The fraction of sp³-hybridized carbons (Fsp3) is 0.500. The lowest BCUT2D eigenvalue weighted by atomic mass is 9.77. The van der Waals surface area contributed by atoms with Gasteiger partial charge in [0, 0.05) is 32.8 Å². The van der Waals surface area contributed by atoms with Crippen molar-refractivity contribution in [2.24, 2.45) is 5.92 Å².